The maximum atomic E-state index is 12.6. The van der Waals surface area contributed by atoms with Gasteiger partial charge in [-0.2, -0.15) is 0 Å². The van der Waals surface area contributed by atoms with Crippen LogP contribution in [0, 0.1) is 0 Å². The molecule has 0 aliphatic carbocycles. The van der Waals surface area contributed by atoms with E-state index in [1.165, 1.54) is 4.90 Å². The van der Waals surface area contributed by atoms with Crippen molar-refractivity contribution in [3.8, 4) is 0 Å². The minimum absolute atomic E-state index is 0.0997. The van der Waals surface area contributed by atoms with Crippen molar-refractivity contribution < 1.29 is 18.1 Å². The van der Waals surface area contributed by atoms with Crippen molar-refractivity contribution in [2.45, 2.75) is 57.4 Å². The van der Waals surface area contributed by atoms with Crippen LogP contribution in [0.15, 0.2) is 29.2 Å². The Hall–Kier alpha value is -1.44. The van der Waals surface area contributed by atoms with Gasteiger partial charge >= 0.3 is 0 Å². The molecule has 0 bridgehead atoms. The van der Waals surface area contributed by atoms with E-state index in [1.54, 1.807) is 29.2 Å². The van der Waals surface area contributed by atoms with Crippen molar-refractivity contribution in [3.05, 3.63) is 24.3 Å². The molecule has 26 heavy (non-hydrogen) atoms. The molecule has 1 atom stereocenters. The summed E-state index contributed by atoms with van der Waals surface area (Å²) in [4.78, 5) is 15.3. The standard InChI is InChI=1S/C19H31N3O3S/c1-4-21(5-2)14-6-8-16(3)20-26(24,25)18-12-10-17(11-13-18)22-15-7-9-19(22)23/h10-13,16,20H,4-9,14-15H2,1-3H3/p+1/t16-/m0/s1. The molecule has 1 aliphatic heterocycles. The summed E-state index contributed by atoms with van der Waals surface area (Å²) in [5, 5.41) is 0. The van der Waals surface area contributed by atoms with Gasteiger partial charge in [-0.3, -0.25) is 4.79 Å². The Labute approximate surface area is 157 Å². The fourth-order valence-electron chi connectivity index (χ4n) is 3.38. The second-order valence-corrected chi connectivity index (χ2v) is 8.73. The van der Waals surface area contributed by atoms with E-state index in [1.807, 2.05) is 6.92 Å². The molecule has 146 valence electrons. The van der Waals surface area contributed by atoms with Crippen LogP contribution in [-0.2, 0) is 14.8 Å². The summed E-state index contributed by atoms with van der Waals surface area (Å²) < 4.78 is 27.9. The SMILES string of the molecule is CC[NH+](CC)CCC[C@H](C)NS(=O)(=O)c1ccc(N2CCCC2=O)cc1. The number of quaternary nitrogens is 1. The Morgan fingerprint density at radius 3 is 2.38 bits per heavy atom. The molecule has 2 rings (SSSR count). The van der Waals surface area contributed by atoms with Gasteiger partial charge in [-0.25, -0.2) is 13.1 Å². The number of anilines is 1. The van der Waals surface area contributed by atoms with Crippen molar-refractivity contribution in [2.75, 3.05) is 31.1 Å². The zero-order valence-electron chi connectivity index (χ0n) is 16.1. The van der Waals surface area contributed by atoms with E-state index in [4.69, 9.17) is 0 Å². The number of nitrogens with one attached hydrogen (secondary N) is 2. The summed E-state index contributed by atoms with van der Waals surface area (Å²) >= 11 is 0. The lowest BCUT2D eigenvalue weighted by molar-refractivity contribution is -0.896. The minimum Gasteiger partial charge on any atom is -0.335 e. The van der Waals surface area contributed by atoms with E-state index in [-0.39, 0.29) is 16.8 Å². The molecule has 0 unspecified atom stereocenters. The lowest BCUT2D eigenvalue weighted by Crippen LogP contribution is -3.11. The van der Waals surface area contributed by atoms with E-state index in [0.29, 0.717) is 13.0 Å². The van der Waals surface area contributed by atoms with Gasteiger partial charge in [0.05, 0.1) is 24.5 Å². The van der Waals surface area contributed by atoms with Crippen molar-refractivity contribution in [1.29, 1.82) is 0 Å². The van der Waals surface area contributed by atoms with E-state index in [0.717, 1.165) is 44.6 Å². The van der Waals surface area contributed by atoms with E-state index < -0.39 is 10.0 Å². The maximum absolute atomic E-state index is 12.6. The molecule has 7 heteroatoms. The highest BCUT2D eigenvalue weighted by atomic mass is 32.2. The average Bonchev–Trinajstić information content (AvgIpc) is 3.04. The van der Waals surface area contributed by atoms with Crippen LogP contribution in [0.4, 0.5) is 5.69 Å². The summed E-state index contributed by atoms with van der Waals surface area (Å²) in [5.74, 6) is 0.0997. The van der Waals surface area contributed by atoms with Crippen LogP contribution in [0.5, 0.6) is 0 Å². The Bertz CT molecular complexity index is 684. The summed E-state index contributed by atoms with van der Waals surface area (Å²) in [6.07, 6.45) is 3.24. The molecule has 1 amide bonds. The van der Waals surface area contributed by atoms with E-state index in [9.17, 15) is 13.2 Å². The van der Waals surface area contributed by atoms with Gasteiger partial charge in [0.25, 0.3) is 0 Å². The normalized spacial score (nSPS) is 16.5. The van der Waals surface area contributed by atoms with Gasteiger partial charge < -0.3 is 9.80 Å². The topological polar surface area (TPSA) is 70.9 Å². The van der Waals surface area contributed by atoms with Crippen LogP contribution in [0.3, 0.4) is 0 Å². The van der Waals surface area contributed by atoms with Crippen LogP contribution in [0.25, 0.3) is 0 Å². The van der Waals surface area contributed by atoms with Gasteiger partial charge in [0.1, 0.15) is 0 Å². The number of rotatable bonds is 10. The summed E-state index contributed by atoms with van der Waals surface area (Å²) in [6, 6.07) is 6.49. The van der Waals surface area contributed by atoms with Crippen molar-refractivity contribution in [3.63, 3.8) is 0 Å². The fraction of sp³-hybridized carbons (Fsp3) is 0.632. The third-order valence-electron chi connectivity index (χ3n) is 5.06. The predicted octanol–water partition coefficient (Wildman–Crippen LogP) is 1.19. The molecule has 0 radical (unpaired) electrons. The fourth-order valence-corrected chi connectivity index (χ4v) is 4.66. The first-order valence-corrected chi connectivity index (χ1v) is 11.1. The zero-order chi connectivity index (χ0) is 19.2. The number of sulfonamides is 1. The third kappa shape index (κ3) is 5.53. The first-order chi connectivity index (χ1) is 12.4. The Morgan fingerprint density at radius 2 is 1.85 bits per heavy atom. The number of benzene rings is 1. The summed E-state index contributed by atoms with van der Waals surface area (Å²) in [5.41, 5.74) is 0.765. The van der Waals surface area contributed by atoms with Gasteiger partial charge in [-0.05, 0) is 64.3 Å². The van der Waals surface area contributed by atoms with Gasteiger partial charge in [0, 0.05) is 24.7 Å². The van der Waals surface area contributed by atoms with E-state index >= 15 is 0 Å². The zero-order valence-corrected chi connectivity index (χ0v) is 16.9. The largest absolute Gasteiger partial charge is 0.335 e. The molecular formula is C19H32N3O3S+. The number of hydrogen-bond acceptors (Lipinski definition) is 3. The van der Waals surface area contributed by atoms with Gasteiger partial charge in [0.2, 0.25) is 15.9 Å². The van der Waals surface area contributed by atoms with Crippen molar-refractivity contribution >= 4 is 21.6 Å². The van der Waals surface area contributed by atoms with Crippen LogP contribution in [-0.4, -0.2) is 46.5 Å². The molecule has 1 heterocycles. The summed E-state index contributed by atoms with van der Waals surface area (Å²) in [7, 11) is -3.54. The second kappa shape index (κ2) is 9.48. The van der Waals surface area contributed by atoms with Crippen LogP contribution in [0.1, 0.15) is 46.5 Å². The number of hydrogen-bond donors (Lipinski definition) is 2. The molecule has 1 fully saturated rings. The third-order valence-corrected chi connectivity index (χ3v) is 6.66. The number of nitrogens with zero attached hydrogens (tertiary/aromatic N) is 1. The molecule has 0 saturated carbocycles. The molecule has 1 saturated heterocycles. The number of amides is 1. The summed E-state index contributed by atoms with van der Waals surface area (Å²) in [6.45, 7) is 10.2. The average molecular weight is 383 g/mol. The molecule has 1 aromatic rings. The van der Waals surface area contributed by atoms with Gasteiger partial charge in [0.15, 0.2) is 0 Å². The van der Waals surface area contributed by atoms with E-state index in [2.05, 4.69) is 18.6 Å². The molecule has 1 aliphatic rings. The lowest BCUT2D eigenvalue weighted by atomic mass is 10.2. The Morgan fingerprint density at radius 1 is 1.19 bits per heavy atom. The van der Waals surface area contributed by atoms with Gasteiger partial charge in [-0.1, -0.05) is 0 Å². The monoisotopic (exact) mass is 382 g/mol. The number of carbonyl (C=O) groups is 1. The highest BCUT2D eigenvalue weighted by Gasteiger charge is 2.23. The maximum Gasteiger partial charge on any atom is 0.240 e. The lowest BCUT2D eigenvalue weighted by Gasteiger charge is -2.18. The Kier molecular flexibility index (Phi) is 7.61. The molecule has 0 spiro atoms. The highest BCUT2D eigenvalue weighted by Crippen LogP contribution is 2.23. The molecular weight excluding hydrogens is 350 g/mol. The minimum atomic E-state index is -3.54. The molecule has 0 aromatic heterocycles. The van der Waals surface area contributed by atoms with Crippen LogP contribution in [0.2, 0.25) is 0 Å². The molecule has 2 N–H and O–H groups in total. The first kappa shape index (κ1) is 20.9. The molecule has 1 aromatic carbocycles. The second-order valence-electron chi connectivity index (χ2n) is 7.01. The van der Waals surface area contributed by atoms with Crippen molar-refractivity contribution in [2.24, 2.45) is 0 Å². The quantitative estimate of drug-likeness (QED) is 0.638. The molecule has 6 nitrogen and oxygen atoms in total. The predicted molar refractivity (Wildman–Crippen MR) is 104 cm³/mol. The van der Waals surface area contributed by atoms with Crippen molar-refractivity contribution in [1.82, 2.24) is 4.72 Å². The van der Waals surface area contributed by atoms with Crippen LogP contribution >= 0.6 is 0 Å². The smallest absolute Gasteiger partial charge is 0.240 e. The highest BCUT2D eigenvalue weighted by molar-refractivity contribution is 7.89. The van der Waals surface area contributed by atoms with Gasteiger partial charge in [-0.15, -0.1) is 0 Å². The Balaban J connectivity index is 1.91. The number of carbonyl (C=O) groups excluding carboxylic acids is 1. The van der Waals surface area contributed by atoms with Crippen LogP contribution < -0.4 is 14.5 Å². The first-order valence-electron chi connectivity index (χ1n) is 9.63.